The van der Waals surface area contributed by atoms with Gasteiger partial charge in [0.1, 0.15) is 5.76 Å². The van der Waals surface area contributed by atoms with E-state index < -0.39 is 6.10 Å². The van der Waals surface area contributed by atoms with Gasteiger partial charge in [-0.15, -0.1) is 0 Å². The van der Waals surface area contributed by atoms with Crippen molar-refractivity contribution in [3.8, 4) is 5.95 Å². The lowest BCUT2D eigenvalue weighted by atomic mass is 9.96. The van der Waals surface area contributed by atoms with Crippen molar-refractivity contribution in [3.05, 3.63) is 74.2 Å². The third kappa shape index (κ3) is 7.17. The lowest BCUT2D eigenvalue weighted by Crippen LogP contribution is -2.17. The number of aliphatic hydroxyl groups excluding tert-OH is 1. The van der Waals surface area contributed by atoms with Crippen LogP contribution in [0.5, 0.6) is 5.95 Å². The molecule has 0 radical (unpaired) electrons. The van der Waals surface area contributed by atoms with E-state index in [0.717, 1.165) is 17.6 Å². The Kier molecular flexibility index (Phi) is 10.6. The molecule has 0 aliphatic carbocycles. The average molecular weight is 415 g/mol. The summed E-state index contributed by atoms with van der Waals surface area (Å²) in [5.41, 5.74) is 4.55. The molecule has 1 aromatic heterocycles. The minimum Gasteiger partial charge on any atom is -0.468 e. The van der Waals surface area contributed by atoms with Crippen molar-refractivity contribution >= 4 is 0 Å². The largest absolute Gasteiger partial charge is 0.468 e. The molecule has 0 saturated carbocycles. The van der Waals surface area contributed by atoms with Gasteiger partial charge in [0.05, 0.1) is 18.8 Å². The number of rotatable bonds is 10. The van der Waals surface area contributed by atoms with Crippen LogP contribution in [0.4, 0.5) is 0 Å². The predicted molar refractivity (Wildman–Crippen MR) is 125 cm³/mol. The topological polar surface area (TPSA) is 59.7 Å². The Morgan fingerprint density at radius 1 is 1.27 bits per heavy atom. The Morgan fingerprint density at radius 3 is 2.50 bits per heavy atom. The molecule has 0 aliphatic heterocycles. The maximum atomic E-state index is 12.5. The van der Waals surface area contributed by atoms with Crippen molar-refractivity contribution in [2.24, 2.45) is 5.92 Å². The molecule has 0 saturated heterocycles. The van der Waals surface area contributed by atoms with Crippen molar-refractivity contribution in [2.45, 2.75) is 73.8 Å². The molecule has 1 aromatic rings. The van der Waals surface area contributed by atoms with E-state index in [1.54, 1.807) is 0 Å². The second-order valence-corrected chi connectivity index (χ2v) is 7.91. The third-order valence-electron chi connectivity index (χ3n) is 5.44. The van der Waals surface area contributed by atoms with E-state index in [2.05, 4.69) is 31.2 Å². The highest BCUT2D eigenvalue weighted by atomic mass is 16.6. The van der Waals surface area contributed by atoms with Gasteiger partial charge in [0.15, 0.2) is 5.43 Å². The molecular formula is C26H38O4. The van der Waals surface area contributed by atoms with Gasteiger partial charge in [-0.3, -0.25) is 4.79 Å². The van der Waals surface area contributed by atoms with Crippen molar-refractivity contribution < 1.29 is 14.3 Å². The summed E-state index contributed by atoms with van der Waals surface area (Å²) < 4.78 is 11.1. The molecule has 0 bridgehead atoms. The summed E-state index contributed by atoms with van der Waals surface area (Å²) in [5, 5.41) is 10.3. The van der Waals surface area contributed by atoms with Crippen LogP contribution < -0.4 is 10.2 Å². The molecule has 4 nitrogen and oxygen atoms in total. The zero-order valence-corrected chi connectivity index (χ0v) is 19.8. The fraction of sp³-hybridized carbons (Fsp3) is 0.500. The molecular weight excluding hydrogens is 376 g/mol. The molecule has 0 unspecified atom stereocenters. The maximum Gasteiger partial charge on any atom is 0.291 e. The van der Waals surface area contributed by atoms with E-state index in [1.165, 1.54) is 12.7 Å². The molecule has 0 aliphatic rings. The summed E-state index contributed by atoms with van der Waals surface area (Å²) in [5.74, 6) is 1.03. The number of allylic oxidation sites excluding steroid dienone is 6. The Hall–Kier alpha value is -2.33. The summed E-state index contributed by atoms with van der Waals surface area (Å²) >= 11 is 0. The Morgan fingerprint density at radius 2 is 1.93 bits per heavy atom. The highest BCUT2D eigenvalue weighted by molar-refractivity contribution is 5.31. The van der Waals surface area contributed by atoms with E-state index in [0.29, 0.717) is 35.7 Å². The Balaban J connectivity index is 2.80. The molecule has 30 heavy (non-hydrogen) atoms. The molecule has 1 rings (SSSR count). The van der Waals surface area contributed by atoms with Gasteiger partial charge in [-0.25, -0.2) is 0 Å². The molecule has 0 amide bonds. The fourth-order valence-corrected chi connectivity index (χ4v) is 3.29. The van der Waals surface area contributed by atoms with Crippen molar-refractivity contribution in [1.29, 1.82) is 0 Å². The van der Waals surface area contributed by atoms with Crippen LogP contribution in [0.1, 0.15) is 64.9 Å². The van der Waals surface area contributed by atoms with Crippen LogP contribution in [0.25, 0.3) is 0 Å². The summed E-state index contributed by atoms with van der Waals surface area (Å²) in [6, 6.07) is 0. The van der Waals surface area contributed by atoms with Gasteiger partial charge in [-0.2, -0.15) is 0 Å². The van der Waals surface area contributed by atoms with Gasteiger partial charge in [-0.1, -0.05) is 55.4 Å². The van der Waals surface area contributed by atoms with E-state index in [9.17, 15) is 9.90 Å². The normalized spacial score (nSPS) is 15.6. The minimum absolute atomic E-state index is 0.00627. The second-order valence-electron chi connectivity index (χ2n) is 7.91. The van der Waals surface area contributed by atoms with Crippen LogP contribution >= 0.6 is 0 Å². The predicted octanol–water partition coefficient (Wildman–Crippen LogP) is 5.86. The average Bonchev–Trinajstić information content (AvgIpc) is 2.73. The zero-order valence-electron chi connectivity index (χ0n) is 19.8. The van der Waals surface area contributed by atoms with Crippen molar-refractivity contribution in [2.75, 3.05) is 7.11 Å². The summed E-state index contributed by atoms with van der Waals surface area (Å²) in [6.07, 6.45) is 11.8. The summed E-state index contributed by atoms with van der Waals surface area (Å²) in [7, 11) is 1.53. The highest BCUT2D eigenvalue weighted by Gasteiger charge is 2.15. The quantitative estimate of drug-likeness (QED) is 0.384. The first kappa shape index (κ1) is 25.7. The number of hydrogen-bond acceptors (Lipinski definition) is 4. The first-order valence-corrected chi connectivity index (χ1v) is 10.7. The van der Waals surface area contributed by atoms with Gasteiger partial charge in [0.25, 0.3) is 5.95 Å². The smallest absolute Gasteiger partial charge is 0.291 e. The Labute approximate surface area is 181 Å². The van der Waals surface area contributed by atoms with Gasteiger partial charge >= 0.3 is 0 Å². The lowest BCUT2D eigenvalue weighted by Gasteiger charge is -2.16. The van der Waals surface area contributed by atoms with Gasteiger partial charge in [-0.05, 0) is 53.0 Å². The lowest BCUT2D eigenvalue weighted by molar-refractivity contribution is 0.173. The van der Waals surface area contributed by atoms with Crippen LogP contribution in [0.2, 0.25) is 0 Å². The number of hydrogen-bond donors (Lipinski definition) is 1. The second kappa shape index (κ2) is 12.4. The number of aliphatic hydroxyl groups is 1. The van der Waals surface area contributed by atoms with Gasteiger partial charge in [0.2, 0.25) is 0 Å². The molecule has 0 fully saturated rings. The molecule has 0 aromatic carbocycles. The first-order chi connectivity index (χ1) is 14.2. The van der Waals surface area contributed by atoms with Crippen LogP contribution in [-0.2, 0) is 12.8 Å². The molecule has 4 heteroatoms. The highest BCUT2D eigenvalue weighted by Crippen LogP contribution is 2.21. The minimum atomic E-state index is -0.450. The fourth-order valence-electron chi connectivity index (χ4n) is 3.29. The van der Waals surface area contributed by atoms with E-state index in [4.69, 9.17) is 9.15 Å². The van der Waals surface area contributed by atoms with Gasteiger partial charge in [0, 0.05) is 17.9 Å². The van der Waals surface area contributed by atoms with E-state index >= 15 is 0 Å². The molecule has 0 spiro atoms. The Bertz CT molecular complexity index is 881. The molecule has 166 valence electrons. The molecule has 1 heterocycles. The van der Waals surface area contributed by atoms with Crippen molar-refractivity contribution in [3.63, 3.8) is 0 Å². The zero-order chi connectivity index (χ0) is 22.8. The van der Waals surface area contributed by atoms with Crippen LogP contribution in [0.15, 0.2) is 56.3 Å². The number of methoxy groups -OCH3 is 1. The van der Waals surface area contributed by atoms with Crippen LogP contribution in [0, 0.1) is 12.8 Å². The third-order valence-corrected chi connectivity index (χ3v) is 5.44. The van der Waals surface area contributed by atoms with E-state index in [-0.39, 0.29) is 11.3 Å². The summed E-state index contributed by atoms with van der Waals surface area (Å²) in [4.78, 5) is 12.5. The molecule has 1 N–H and O–H groups in total. The van der Waals surface area contributed by atoms with Crippen LogP contribution in [-0.4, -0.2) is 18.3 Å². The van der Waals surface area contributed by atoms with Gasteiger partial charge < -0.3 is 14.3 Å². The summed E-state index contributed by atoms with van der Waals surface area (Å²) in [6.45, 7) is 13.8. The number of ether oxygens (including phenoxy) is 1. The van der Waals surface area contributed by atoms with Crippen LogP contribution in [0.3, 0.4) is 0 Å². The molecule has 2 atom stereocenters. The SMILES string of the molecule is C/C=C(\C)[C@H](O)[C@@H](C)/C=C(C)/C=C/C/C(C)=C/Cc1oc(OC)c(CC)c(=O)c1C. The standard InChI is InChI=1S/C26H38O4/c1-9-19(5)24(27)20(6)16-18(4)13-11-12-17(3)14-15-23-21(7)25(28)22(10-2)26(29-8)30-23/h9,11,13-14,16,20,24,27H,10,12,15H2,1-8H3/b13-11+,17-14+,18-16+,19-9+/t20-,24-/m0/s1. The van der Waals surface area contributed by atoms with E-state index in [1.807, 2.05) is 47.6 Å². The first-order valence-electron chi connectivity index (χ1n) is 10.7. The monoisotopic (exact) mass is 414 g/mol. The van der Waals surface area contributed by atoms with Crippen molar-refractivity contribution in [1.82, 2.24) is 0 Å². The maximum absolute atomic E-state index is 12.5.